The first-order chi connectivity index (χ1) is 8.49. The van der Waals surface area contributed by atoms with Crippen molar-refractivity contribution in [1.82, 2.24) is 16.0 Å². The molecule has 2 amide bonds. The lowest BCUT2D eigenvalue weighted by atomic mass is 9.92. The fourth-order valence-electron chi connectivity index (χ4n) is 2.21. The van der Waals surface area contributed by atoms with Gasteiger partial charge in [0.05, 0.1) is 0 Å². The summed E-state index contributed by atoms with van der Waals surface area (Å²) in [4.78, 5) is 23.3. The molecule has 1 rings (SSSR count). The third-order valence-corrected chi connectivity index (χ3v) is 3.10. The van der Waals surface area contributed by atoms with E-state index in [1.165, 1.54) is 0 Å². The van der Waals surface area contributed by atoms with E-state index >= 15 is 0 Å². The minimum absolute atomic E-state index is 0. The molecule has 1 heterocycles. The molecule has 0 aromatic carbocycles. The normalized spacial score (nSPS) is 22.5. The van der Waals surface area contributed by atoms with Crippen LogP contribution < -0.4 is 16.0 Å². The molecule has 112 valence electrons. The Morgan fingerprint density at radius 3 is 2.63 bits per heavy atom. The summed E-state index contributed by atoms with van der Waals surface area (Å²) < 4.78 is 0. The van der Waals surface area contributed by atoms with Gasteiger partial charge in [0.2, 0.25) is 11.8 Å². The van der Waals surface area contributed by atoms with Gasteiger partial charge < -0.3 is 16.0 Å². The van der Waals surface area contributed by atoms with Gasteiger partial charge in [0.15, 0.2) is 0 Å². The summed E-state index contributed by atoms with van der Waals surface area (Å²) in [5.74, 6) is 0.166. The van der Waals surface area contributed by atoms with Crippen LogP contribution in [0.2, 0.25) is 0 Å². The van der Waals surface area contributed by atoms with E-state index in [4.69, 9.17) is 0 Å². The first-order valence-electron chi connectivity index (χ1n) is 6.79. The summed E-state index contributed by atoms with van der Waals surface area (Å²) in [6, 6.07) is 0.553. The van der Waals surface area contributed by atoms with E-state index in [0.29, 0.717) is 19.0 Å². The lowest BCUT2D eigenvalue weighted by molar-refractivity contribution is -0.126. The minimum atomic E-state index is -0.0102. The highest BCUT2D eigenvalue weighted by Gasteiger charge is 2.24. The molecule has 2 atom stereocenters. The van der Waals surface area contributed by atoms with Crippen molar-refractivity contribution in [1.29, 1.82) is 0 Å². The Balaban J connectivity index is 0.00000324. The Bertz CT molecular complexity index is 298. The van der Waals surface area contributed by atoms with E-state index in [-0.39, 0.29) is 36.2 Å². The van der Waals surface area contributed by atoms with Gasteiger partial charge in [0.25, 0.3) is 0 Å². The highest BCUT2D eigenvalue weighted by Crippen LogP contribution is 2.15. The summed E-state index contributed by atoms with van der Waals surface area (Å²) in [6.07, 6.45) is 2.11. The molecule has 0 aromatic heterocycles. The molecular weight excluding hydrogens is 266 g/mol. The summed E-state index contributed by atoms with van der Waals surface area (Å²) in [7, 11) is 0. The zero-order valence-corrected chi connectivity index (χ0v) is 12.8. The number of hydrogen-bond acceptors (Lipinski definition) is 3. The number of carbonyl (C=O) groups excluding carboxylic acids is 2. The van der Waals surface area contributed by atoms with Crippen LogP contribution in [0.3, 0.4) is 0 Å². The van der Waals surface area contributed by atoms with Gasteiger partial charge in [0, 0.05) is 31.0 Å². The number of carbonyl (C=O) groups is 2. The molecule has 0 radical (unpaired) electrons. The zero-order chi connectivity index (χ0) is 13.5. The van der Waals surface area contributed by atoms with Gasteiger partial charge in [-0.3, -0.25) is 9.59 Å². The second kappa shape index (κ2) is 9.15. The van der Waals surface area contributed by atoms with Crippen molar-refractivity contribution < 1.29 is 9.59 Å². The van der Waals surface area contributed by atoms with Gasteiger partial charge in [0.1, 0.15) is 0 Å². The SMILES string of the molecule is CC(C)NC(=O)CCNC(=O)[C@H]1CCN[C@@H](C)C1.Cl. The first kappa shape index (κ1) is 18.2. The number of rotatable bonds is 5. The summed E-state index contributed by atoms with van der Waals surface area (Å²) >= 11 is 0. The number of hydrogen-bond donors (Lipinski definition) is 3. The number of halogens is 1. The topological polar surface area (TPSA) is 70.2 Å². The summed E-state index contributed by atoms with van der Waals surface area (Å²) in [5, 5.41) is 8.97. The van der Waals surface area contributed by atoms with Crippen LogP contribution in [0.15, 0.2) is 0 Å². The monoisotopic (exact) mass is 291 g/mol. The Kier molecular flexibility index (Phi) is 8.76. The number of nitrogens with one attached hydrogen (secondary N) is 3. The molecule has 0 aliphatic carbocycles. The third-order valence-electron chi connectivity index (χ3n) is 3.10. The Morgan fingerprint density at radius 2 is 2.05 bits per heavy atom. The summed E-state index contributed by atoms with van der Waals surface area (Å²) in [5.41, 5.74) is 0. The molecular formula is C13H26ClN3O2. The molecule has 0 aromatic rings. The predicted molar refractivity (Wildman–Crippen MR) is 78.3 cm³/mol. The lowest BCUT2D eigenvalue weighted by Gasteiger charge is -2.27. The Labute approximate surface area is 121 Å². The molecule has 3 N–H and O–H groups in total. The van der Waals surface area contributed by atoms with Crippen LogP contribution in [0.25, 0.3) is 0 Å². The van der Waals surface area contributed by atoms with Gasteiger partial charge in [-0.25, -0.2) is 0 Å². The van der Waals surface area contributed by atoms with Crippen LogP contribution in [0.5, 0.6) is 0 Å². The van der Waals surface area contributed by atoms with Crippen LogP contribution in [-0.4, -0.2) is 37.0 Å². The highest BCUT2D eigenvalue weighted by molar-refractivity contribution is 5.85. The van der Waals surface area contributed by atoms with Gasteiger partial charge >= 0.3 is 0 Å². The van der Waals surface area contributed by atoms with Crippen LogP contribution in [0.1, 0.15) is 40.0 Å². The van der Waals surface area contributed by atoms with Crippen LogP contribution in [-0.2, 0) is 9.59 Å². The predicted octanol–water partition coefficient (Wildman–Crippen LogP) is 0.827. The zero-order valence-electron chi connectivity index (χ0n) is 12.0. The van der Waals surface area contributed by atoms with E-state index in [2.05, 4.69) is 22.9 Å². The molecule has 0 saturated carbocycles. The maximum absolute atomic E-state index is 11.9. The molecule has 19 heavy (non-hydrogen) atoms. The average Bonchev–Trinajstić information content (AvgIpc) is 2.27. The van der Waals surface area contributed by atoms with Crippen molar-refractivity contribution >= 4 is 24.2 Å². The minimum Gasteiger partial charge on any atom is -0.355 e. The molecule has 0 spiro atoms. The largest absolute Gasteiger partial charge is 0.355 e. The van der Waals surface area contributed by atoms with Crippen molar-refractivity contribution in [2.75, 3.05) is 13.1 Å². The van der Waals surface area contributed by atoms with Gasteiger partial charge in [-0.1, -0.05) is 0 Å². The average molecular weight is 292 g/mol. The molecule has 5 nitrogen and oxygen atoms in total. The van der Waals surface area contributed by atoms with Crippen molar-refractivity contribution in [2.45, 2.75) is 52.1 Å². The van der Waals surface area contributed by atoms with E-state index in [1.807, 2.05) is 13.8 Å². The van der Waals surface area contributed by atoms with Crippen molar-refractivity contribution in [3.63, 3.8) is 0 Å². The van der Waals surface area contributed by atoms with Gasteiger partial charge in [-0.15, -0.1) is 12.4 Å². The molecule has 1 aliphatic rings. The van der Waals surface area contributed by atoms with Crippen LogP contribution in [0, 0.1) is 5.92 Å². The standard InChI is InChI=1S/C13H25N3O2.ClH/c1-9(2)16-12(17)5-7-15-13(18)11-4-6-14-10(3)8-11;/h9-11,14H,4-8H2,1-3H3,(H,15,18)(H,16,17);1H/t10-,11-;/m0./s1. The molecule has 0 bridgehead atoms. The molecule has 6 heteroatoms. The fraction of sp³-hybridized carbons (Fsp3) is 0.846. The van der Waals surface area contributed by atoms with Gasteiger partial charge in [-0.2, -0.15) is 0 Å². The van der Waals surface area contributed by atoms with Gasteiger partial charge in [-0.05, 0) is 40.2 Å². The highest BCUT2D eigenvalue weighted by atomic mass is 35.5. The van der Waals surface area contributed by atoms with Crippen molar-refractivity contribution in [3.05, 3.63) is 0 Å². The van der Waals surface area contributed by atoms with Crippen molar-refractivity contribution in [3.8, 4) is 0 Å². The smallest absolute Gasteiger partial charge is 0.223 e. The van der Waals surface area contributed by atoms with Crippen molar-refractivity contribution in [2.24, 2.45) is 5.92 Å². The quantitative estimate of drug-likeness (QED) is 0.703. The van der Waals surface area contributed by atoms with E-state index < -0.39 is 0 Å². The maximum atomic E-state index is 11.9. The van der Waals surface area contributed by atoms with E-state index in [0.717, 1.165) is 19.4 Å². The second-order valence-electron chi connectivity index (χ2n) is 5.34. The Morgan fingerprint density at radius 1 is 1.37 bits per heavy atom. The third kappa shape index (κ3) is 7.38. The molecule has 1 fully saturated rings. The maximum Gasteiger partial charge on any atom is 0.223 e. The number of piperidine rings is 1. The van der Waals surface area contributed by atoms with E-state index in [1.54, 1.807) is 0 Å². The lowest BCUT2D eigenvalue weighted by Crippen LogP contribution is -2.43. The first-order valence-corrected chi connectivity index (χ1v) is 6.79. The van der Waals surface area contributed by atoms with Crippen LogP contribution >= 0.6 is 12.4 Å². The second-order valence-corrected chi connectivity index (χ2v) is 5.34. The molecule has 0 unspecified atom stereocenters. The Hall–Kier alpha value is -0.810. The van der Waals surface area contributed by atoms with E-state index in [9.17, 15) is 9.59 Å². The van der Waals surface area contributed by atoms with Crippen LogP contribution in [0.4, 0.5) is 0 Å². The molecule has 1 aliphatic heterocycles. The molecule has 1 saturated heterocycles. The summed E-state index contributed by atoms with van der Waals surface area (Å²) in [6.45, 7) is 7.26. The fourth-order valence-corrected chi connectivity index (χ4v) is 2.21. The number of amides is 2.